The summed E-state index contributed by atoms with van der Waals surface area (Å²) in [5.41, 5.74) is 11.7. The number of nitrogens with zero attached hydrogens (tertiary/aromatic N) is 1. The normalized spacial score (nSPS) is 9.77. The van der Waals surface area contributed by atoms with E-state index in [0.29, 0.717) is 17.0 Å². The lowest BCUT2D eigenvalue weighted by Gasteiger charge is -2.04. The SMILES string of the molecule is N#CCOc1cccc(-c2cc(C(N)=O)c(NC(N)=O)[nH]2)c1. The number of nitrogens with one attached hydrogen (secondary N) is 2. The molecule has 8 heteroatoms. The van der Waals surface area contributed by atoms with E-state index >= 15 is 0 Å². The number of carbonyl (C=O) groups is 2. The monoisotopic (exact) mass is 299 g/mol. The van der Waals surface area contributed by atoms with Gasteiger partial charge in [-0.1, -0.05) is 12.1 Å². The number of ether oxygens (including phenoxy) is 1. The van der Waals surface area contributed by atoms with Crippen LogP contribution in [-0.4, -0.2) is 23.5 Å². The molecule has 0 bridgehead atoms. The summed E-state index contributed by atoms with van der Waals surface area (Å²) in [6.45, 7) is -0.0742. The maximum absolute atomic E-state index is 11.4. The van der Waals surface area contributed by atoms with Crippen molar-refractivity contribution in [2.45, 2.75) is 0 Å². The molecule has 0 aliphatic rings. The number of hydrogen-bond acceptors (Lipinski definition) is 4. The number of hydrogen-bond donors (Lipinski definition) is 4. The molecule has 2 aromatic rings. The van der Waals surface area contributed by atoms with Crippen molar-refractivity contribution in [3.63, 3.8) is 0 Å². The molecule has 3 amide bonds. The number of urea groups is 1. The number of amides is 3. The minimum absolute atomic E-state index is 0.0742. The third-order valence-electron chi connectivity index (χ3n) is 2.78. The third kappa shape index (κ3) is 3.34. The average Bonchev–Trinajstić information content (AvgIpc) is 2.88. The van der Waals surface area contributed by atoms with Crippen LogP contribution < -0.4 is 21.5 Å². The number of rotatable bonds is 5. The summed E-state index contributed by atoms with van der Waals surface area (Å²) in [6, 6.07) is 9.43. The lowest BCUT2D eigenvalue weighted by Crippen LogP contribution is -2.22. The van der Waals surface area contributed by atoms with Crippen LogP contribution in [0.2, 0.25) is 0 Å². The van der Waals surface area contributed by atoms with Crippen molar-refractivity contribution in [2.24, 2.45) is 11.5 Å². The zero-order valence-corrected chi connectivity index (χ0v) is 11.4. The largest absolute Gasteiger partial charge is 0.479 e. The van der Waals surface area contributed by atoms with Crippen LogP contribution in [0.15, 0.2) is 30.3 Å². The second kappa shape index (κ2) is 6.32. The number of carbonyl (C=O) groups excluding carboxylic acids is 2. The average molecular weight is 299 g/mol. The number of aromatic amines is 1. The van der Waals surface area contributed by atoms with Gasteiger partial charge in [0.05, 0.1) is 5.56 Å². The van der Waals surface area contributed by atoms with Crippen LogP contribution in [0.4, 0.5) is 10.6 Å². The van der Waals surface area contributed by atoms with Gasteiger partial charge in [-0.15, -0.1) is 0 Å². The Bertz CT molecular complexity index is 760. The number of primary amides is 2. The summed E-state index contributed by atoms with van der Waals surface area (Å²) in [5.74, 6) is -0.0832. The summed E-state index contributed by atoms with van der Waals surface area (Å²) in [4.78, 5) is 25.2. The van der Waals surface area contributed by atoms with Crippen LogP contribution in [0.3, 0.4) is 0 Å². The molecule has 0 spiro atoms. The topological polar surface area (TPSA) is 147 Å². The fourth-order valence-corrected chi connectivity index (χ4v) is 1.90. The number of nitrogens with two attached hydrogens (primary N) is 2. The van der Waals surface area contributed by atoms with Crippen molar-refractivity contribution in [1.82, 2.24) is 4.98 Å². The maximum atomic E-state index is 11.4. The molecule has 0 saturated heterocycles. The Morgan fingerprint density at radius 2 is 2.09 bits per heavy atom. The predicted octanol–water partition coefficient (Wildman–Crippen LogP) is 1.17. The van der Waals surface area contributed by atoms with E-state index in [0.717, 1.165) is 0 Å². The minimum atomic E-state index is -0.818. The molecule has 0 fully saturated rings. The number of H-pyrrole nitrogens is 1. The molecule has 0 aliphatic heterocycles. The van der Waals surface area contributed by atoms with Crippen LogP contribution in [-0.2, 0) is 0 Å². The lowest BCUT2D eigenvalue weighted by molar-refractivity contribution is 0.100. The van der Waals surface area contributed by atoms with Gasteiger partial charge in [0.1, 0.15) is 17.6 Å². The van der Waals surface area contributed by atoms with Crippen molar-refractivity contribution in [3.05, 3.63) is 35.9 Å². The number of benzene rings is 1. The zero-order valence-electron chi connectivity index (χ0n) is 11.4. The minimum Gasteiger partial charge on any atom is -0.479 e. The standard InChI is InChI=1S/C14H13N5O3/c15-4-5-22-9-3-1-2-8(6-9)11-7-10(12(16)20)13(18-11)19-14(17)21/h1-3,6-7,18H,5H2,(H2,16,20)(H3,17,19,21). The van der Waals surface area contributed by atoms with Crippen LogP contribution in [0.25, 0.3) is 11.3 Å². The predicted molar refractivity (Wildman–Crippen MR) is 79.1 cm³/mol. The molecule has 0 radical (unpaired) electrons. The Labute approximate surface area is 125 Å². The molecular weight excluding hydrogens is 286 g/mol. The highest BCUT2D eigenvalue weighted by Gasteiger charge is 2.15. The fraction of sp³-hybridized carbons (Fsp3) is 0.0714. The molecule has 6 N–H and O–H groups in total. The molecule has 1 aromatic carbocycles. The summed E-state index contributed by atoms with van der Waals surface area (Å²) < 4.78 is 5.21. The van der Waals surface area contributed by atoms with Crippen molar-refractivity contribution in [1.29, 1.82) is 5.26 Å². The summed E-state index contributed by atoms with van der Waals surface area (Å²) in [5, 5.41) is 10.8. The second-order valence-corrected chi connectivity index (χ2v) is 4.30. The molecule has 2 rings (SSSR count). The summed E-state index contributed by atoms with van der Waals surface area (Å²) >= 11 is 0. The van der Waals surface area contributed by atoms with Gasteiger partial charge in [0, 0.05) is 11.3 Å². The van der Waals surface area contributed by atoms with Gasteiger partial charge in [-0.3, -0.25) is 10.1 Å². The fourth-order valence-electron chi connectivity index (χ4n) is 1.90. The van der Waals surface area contributed by atoms with Crippen LogP contribution in [0.5, 0.6) is 5.75 Å². The molecule has 8 nitrogen and oxygen atoms in total. The smallest absolute Gasteiger partial charge is 0.317 e. The quantitative estimate of drug-likeness (QED) is 0.656. The first-order valence-corrected chi connectivity index (χ1v) is 6.20. The Morgan fingerprint density at radius 1 is 1.32 bits per heavy atom. The van der Waals surface area contributed by atoms with Crippen LogP contribution in [0, 0.1) is 11.3 Å². The molecule has 0 atom stereocenters. The highest BCUT2D eigenvalue weighted by molar-refractivity contribution is 6.03. The van der Waals surface area contributed by atoms with E-state index in [2.05, 4.69) is 10.3 Å². The Kier molecular flexibility index (Phi) is 4.29. The van der Waals surface area contributed by atoms with Gasteiger partial charge >= 0.3 is 6.03 Å². The van der Waals surface area contributed by atoms with Gasteiger partial charge in [0.2, 0.25) is 0 Å². The highest BCUT2D eigenvalue weighted by atomic mass is 16.5. The van der Waals surface area contributed by atoms with Gasteiger partial charge < -0.3 is 21.2 Å². The highest BCUT2D eigenvalue weighted by Crippen LogP contribution is 2.27. The maximum Gasteiger partial charge on any atom is 0.317 e. The van der Waals surface area contributed by atoms with Crippen molar-refractivity contribution >= 4 is 17.8 Å². The van der Waals surface area contributed by atoms with Gasteiger partial charge in [0.15, 0.2) is 6.61 Å². The first-order chi connectivity index (χ1) is 10.5. The van der Waals surface area contributed by atoms with Gasteiger partial charge in [-0.2, -0.15) is 5.26 Å². The molecular formula is C14H13N5O3. The van der Waals surface area contributed by atoms with E-state index in [1.54, 1.807) is 24.3 Å². The third-order valence-corrected chi connectivity index (χ3v) is 2.78. The number of aromatic nitrogens is 1. The molecule has 22 heavy (non-hydrogen) atoms. The van der Waals surface area contributed by atoms with Gasteiger partial charge in [-0.05, 0) is 18.2 Å². The lowest BCUT2D eigenvalue weighted by atomic mass is 10.1. The molecule has 1 aromatic heterocycles. The molecule has 0 saturated carbocycles. The molecule has 1 heterocycles. The number of nitriles is 1. The molecule has 112 valence electrons. The van der Waals surface area contributed by atoms with Gasteiger partial charge in [0.25, 0.3) is 5.91 Å². The van der Waals surface area contributed by atoms with Crippen molar-refractivity contribution in [3.8, 4) is 23.1 Å². The van der Waals surface area contributed by atoms with E-state index in [1.165, 1.54) is 6.07 Å². The van der Waals surface area contributed by atoms with E-state index < -0.39 is 11.9 Å². The van der Waals surface area contributed by atoms with Crippen molar-refractivity contribution in [2.75, 3.05) is 11.9 Å². The zero-order chi connectivity index (χ0) is 16.1. The van der Waals surface area contributed by atoms with Crippen LogP contribution >= 0.6 is 0 Å². The number of anilines is 1. The van der Waals surface area contributed by atoms with Gasteiger partial charge in [-0.25, -0.2) is 4.79 Å². The Balaban J connectivity index is 2.38. The van der Waals surface area contributed by atoms with E-state index in [9.17, 15) is 9.59 Å². The Morgan fingerprint density at radius 3 is 2.73 bits per heavy atom. The first-order valence-electron chi connectivity index (χ1n) is 6.20. The molecule has 0 unspecified atom stereocenters. The van der Waals surface area contributed by atoms with Crippen molar-refractivity contribution < 1.29 is 14.3 Å². The summed E-state index contributed by atoms with van der Waals surface area (Å²) in [7, 11) is 0. The second-order valence-electron chi connectivity index (χ2n) is 4.30. The van der Waals surface area contributed by atoms with Crippen LogP contribution in [0.1, 0.15) is 10.4 Å². The van der Waals surface area contributed by atoms with E-state index in [1.807, 2.05) is 6.07 Å². The van der Waals surface area contributed by atoms with E-state index in [-0.39, 0.29) is 18.0 Å². The van der Waals surface area contributed by atoms with E-state index in [4.69, 9.17) is 21.5 Å². The molecule has 0 aliphatic carbocycles. The summed E-state index contributed by atoms with van der Waals surface area (Å²) in [6.07, 6.45) is 0. The first kappa shape index (κ1) is 14.9. The Hall–Kier alpha value is -3.47.